The van der Waals surface area contributed by atoms with Crippen molar-refractivity contribution in [1.82, 2.24) is 10.3 Å². The first kappa shape index (κ1) is 22.4. The summed E-state index contributed by atoms with van der Waals surface area (Å²) in [5.41, 5.74) is 2.09. The van der Waals surface area contributed by atoms with E-state index in [0.717, 1.165) is 12.1 Å². The lowest BCUT2D eigenvalue weighted by Crippen LogP contribution is -2.30. The highest BCUT2D eigenvalue weighted by Gasteiger charge is 2.21. The summed E-state index contributed by atoms with van der Waals surface area (Å²) in [6.07, 6.45) is 4.51. The fourth-order valence-electron chi connectivity index (χ4n) is 3.65. The Balaban J connectivity index is 1.31. The SMILES string of the molecule is CC(NCC(=O)Nc1cccc(N2CCCC2=O)c1)c1ccc(Oc2cccnc2)c(F)c1. The molecule has 2 N–H and O–H groups in total. The van der Waals surface area contributed by atoms with Crippen LogP contribution < -0.4 is 20.3 Å². The quantitative estimate of drug-likeness (QED) is 0.533. The largest absolute Gasteiger partial charge is 0.453 e. The molecule has 4 rings (SSSR count). The molecule has 3 aromatic rings. The van der Waals surface area contributed by atoms with E-state index in [0.29, 0.717) is 30.0 Å². The minimum absolute atomic E-state index is 0.0452. The average Bonchev–Trinajstić information content (AvgIpc) is 3.25. The van der Waals surface area contributed by atoms with E-state index in [1.807, 2.05) is 19.1 Å². The third kappa shape index (κ3) is 5.72. The molecule has 1 aliphatic heterocycles. The van der Waals surface area contributed by atoms with E-state index in [4.69, 9.17) is 4.74 Å². The van der Waals surface area contributed by atoms with Crippen molar-refractivity contribution < 1.29 is 18.7 Å². The summed E-state index contributed by atoms with van der Waals surface area (Å²) in [5.74, 6) is -0.0808. The number of anilines is 2. The Kier molecular flexibility index (Phi) is 6.95. The maximum absolute atomic E-state index is 14.5. The van der Waals surface area contributed by atoms with E-state index in [-0.39, 0.29) is 30.2 Å². The van der Waals surface area contributed by atoms with Gasteiger partial charge in [0.1, 0.15) is 5.75 Å². The number of benzene rings is 2. The standard InChI is InChI=1S/C25H25FN4O3/c1-17(18-9-10-23(22(26)13-18)33-21-7-3-11-27-15-21)28-16-24(31)29-19-5-2-6-20(14-19)30-12-4-8-25(30)32/h2-3,5-7,9-11,13-15,17,28H,4,8,12,16H2,1H3,(H,29,31). The molecule has 1 unspecified atom stereocenters. The smallest absolute Gasteiger partial charge is 0.238 e. The molecule has 1 aromatic heterocycles. The number of amides is 2. The third-order valence-electron chi connectivity index (χ3n) is 5.40. The van der Waals surface area contributed by atoms with Crippen molar-refractivity contribution in [3.05, 3.63) is 78.4 Å². The van der Waals surface area contributed by atoms with Gasteiger partial charge in [0.2, 0.25) is 11.8 Å². The van der Waals surface area contributed by atoms with E-state index in [2.05, 4.69) is 15.6 Å². The number of halogens is 1. The highest BCUT2D eigenvalue weighted by molar-refractivity contribution is 5.97. The van der Waals surface area contributed by atoms with Gasteiger partial charge in [0.05, 0.1) is 12.7 Å². The molecule has 33 heavy (non-hydrogen) atoms. The first-order valence-corrected chi connectivity index (χ1v) is 10.8. The highest BCUT2D eigenvalue weighted by atomic mass is 19.1. The summed E-state index contributed by atoms with van der Waals surface area (Å²) >= 11 is 0. The van der Waals surface area contributed by atoms with Crippen LogP contribution in [0.4, 0.5) is 15.8 Å². The van der Waals surface area contributed by atoms with Crippen molar-refractivity contribution in [3.63, 3.8) is 0 Å². The number of carbonyl (C=O) groups is 2. The van der Waals surface area contributed by atoms with Gasteiger partial charge in [0.15, 0.2) is 11.6 Å². The van der Waals surface area contributed by atoms with Gasteiger partial charge in [-0.2, -0.15) is 0 Å². The molecule has 0 bridgehead atoms. The monoisotopic (exact) mass is 448 g/mol. The zero-order valence-corrected chi connectivity index (χ0v) is 18.3. The molecule has 7 nitrogen and oxygen atoms in total. The van der Waals surface area contributed by atoms with Crippen molar-refractivity contribution in [2.45, 2.75) is 25.8 Å². The summed E-state index contributed by atoms with van der Waals surface area (Å²) in [7, 11) is 0. The number of rotatable bonds is 8. The summed E-state index contributed by atoms with van der Waals surface area (Å²) in [5, 5.41) is 5.93. The van der Waals surface area contributed by atoms with Crippen LogP contribution in [0.3, 0.4) is 0 Å². The van der Waals surface area contributed by atoms with Crippen LogP contribution in [0.15, 0.2) is 67.0 Å². The maximum Gasteiger partial charge on any atom is 0.238 e. The first-order valence-electron chi connectivity index (χ1n) is 10.8. The van der Waals surface area contributed by atoms with Gasteiger partial charge in [-0.15, -0.1) is 0 Å². The van der Waals surface area contributed by atoms with Crippen molar-refractivity contribution in [2.75, 3.05) is 23.3 Å². The van der Waals surface area contributed by atoms with Crippen LogP contribution >= 0.6 is 0 Å². The molecular weight excluding hydrogens is 423 g/mol. The number of pyridine rings is 1. The molecule has 0 spiro atoms. The number of hydrogen-bond acceptors (Lipinski definition) is 5. The molecule has 0 radical (unpaired) electrons. The van der Waals surface area contributed by atoms with Gasteiger partial charge in [-0.1, -0.05) is 12.1 Å². The summed E-state index contributed by atoms with van der Waals surface area (Å²) in [6, 6.07) is 15.1. The number of aromatic nitrogens is 1. The number of ether oxygens (including phenoxy) is 1. The van der Waals surface area contributed by atoms with Crippen molar-refractivity contribution in [1.29, 1.82) is 0 Å². The molecule has 2 amide bonds. The van der Waals surface area contributed by atoms with Crippen molar-refractivity contribution in [3.8, 4) is 11.5 Å². The Hall–Kier alpha value is -3.78. The summed E-state index contributed by atoms with van der Waals surface area (Å²) in [6.45, 7) is 2.59. The number of nitrogens with zero attached hydrogens (tertiary/aromatic N) is 2. The second-order valence-electron chi connectivity index (χ2n) is 7.83. The van der Waals surface area contributed by atoms with Crippen LogP contribution in [0.25, 0.3) is 0 Å². The van der Waals surface area contributed by atoms with Gasteiger partial charge >= 0.3 is 0 Å². The number of hydrogen-bond donors (Lipinski definition) is 2. The first-order chi connectivity index (χ1) is 16.0. The molecule has 2 heterocycles. The van der Waals surface area contributed by atoms with Gasteiger partial charge in [0.25, 0.3) is 0 Å². The molecule has 1 atom stereocenters. The predicted octanol–water partition coefficient (Wildman–Crippen LogP) is 4.43. The zero-order valence-electron chi connectivity index (χ0n) is 18.3. The van der Waals surface area contributed by atoms with Crippen LogP contribution in [0.2, 0.25) is 0 Å². The molecule has 1 aliphatic rings. The van der Waals surface area contributed by atoms with Crippen LogP contribution in [0, 0.1) is 5.82 Å². The second kappa shape index (κ2) is 10.2. The zero-order chi connectivity index (χ0) is 23.2. The number of nitrogens with one attached hydrogen (secondary N) is 2. The summed E-state index contributed by atoms with van der Waals surface area (Å²) in [4.78, 5) is 30.0. The van der Waals surface area contributed by atoms with E-state index >= 15 is 0 Å². The van der Waals surface area contributed by atoms with E-state index in [1.54, 1.807) is 47.5 Å². The average molecular weight is 448 g/mol. The van der Waals surface area contributed by atoms with E-state index in [9.17, 15) is 14.0 Å². The third-order valence-corrected chi connectivity index (χ3v) is 5.40. The Bertz CT molecular complexity index is 1140. The lowest BCUT2D eigenvalue weighted by atomic mass is 10.1. The minimum Gasteiger partial charge on any atom is -0.453 e. The molecule has 1 fully saturated rings. The normalized spacial score (nSPS) is 14.2. The highest BCUT2D eigenvalue weighted by Crippen LogP contribution is 2.27. The number of carbonyl (C=O) groups excluding carboxylic acids is 2. The minimum atomic E-state index is -0.497. The van der Waals surface area contributed by atoms with Crippen LogP contribution in [0.1, 0.15) is 31.4 Å². The molecule has 1 saturated heterocycles. The molecular formula is C25H25FN4O3. The molecule has 0 aliphatic carbocycles. The van der Waals surface area contributed by atoms with Crippen molar-refractivity contribution in [2.24, 2.45) is 0 Å². The lowest BCUT2D eigenvalue weighted by Gasteiger charge is -2.17. The molecule has 2 aromatic carbocycles. The topological polar surface area (TPSA) is 83.6 Å². The van der Waals surface area contributed by atoms with E-state index in [1.165, 1.54) is 12.3 Å². The van der Waals surface area contributed by atoms with Crippen LogP contribution in [-0.2, 0) is 9.59 Å². The Morgan fingerprint density at radius 3 is 2.82 bits per heavy atom. The fourth-order valence-corrected chi connectivity index (χ4v) is 3.65. The van der Waals surface area contributed by atoms with Gasteiger partial charge in [-0.05, 0) is 61.4 Å². The van der Waals surface area contributed by atoms with Gasteiger partial charge < -0.3 is 20.3 Å². The Morgan fingerprint density at radius 2 is 2.09 bits per heavy atom. The molecule has 170 valence electrons. The van der Waals surface area contributed by atoms with Crippen molar-refractivity contribution >= 4 is 23.2 Å². The van der Waals surface area contributed by atoms with Crippen LogP contribution in [-0.4, -0.2) is 29.9 Å². The predicted molar refractivity (Wildman–Crippen MR) is 124 cm³/mol. The van der Waals surface area contributed by atoms with Gasteiger partial charge in [0, 0.05) is 36.6 Å². The maximum atomic E-state index is 14.5. The lowest BCUT2D eigenvalue weighted by molar-refractivity contribution is -0.117. The Labute approximate surface area is 191 Å². The summed E-state index contributed by atoms with van der Waals surface area (Å²) < 4.78 is 20.0. The van der Waals surface area contributed by atoms with E-state index < -0.39 is 5.82 Å². The molecule has 8 heteroatoms. The molecule has 0 saturated carbocycles. The van der Waals surface area contributed by atoms with Gasteiger partial charge in [-0.25, -0.2) is 4.39 Å². The van der Waals surface area contributed by atoms with Crippen LogP contribution in [0.5, 0.6) is 11.5 Å². The fraction of sp³-hybridized carbons (Fsp3) is 0.240. The Morgan fingerprint density at radius 1 is 1.21 bits per heavy atom. The second-order valence-corrected chi connectivity index (χ2v) is 7.83. The van der Waals surface area contributed by atoms with Gasteiger partial charge in [-0.3, -0.25) is 14.6 Å².